The van der Waals surface area contributed by atoms with E-state index in [0.717, 1.165) is 47.7 Å². The molecule has 1 N–H and O–H groups in total. The molecule has 0 bridgehead atoms. The standard InChI is InChI=1S/C30H34N6O4SSi/c1-39-27-18-22(14-15-32-27)25-13-12-21-9-7-10-24(21)28(25)33-29-34-30(35-36(29)20-40-16-17-42(2,3)4)41(37,38)26-11-6-5-8-23(26)19-31/h5-6,8,11-15,18H,7,9-10,16-17,20H2,1-4H3,(H,33,34,35). The molecule has 0 radical (unpaired) electrons. The van der Waals surface area contributed by atoms with Gasteiger partial charge in [-0.2, -0.15) is 10.2 Å². The SMILES string of the molecule is COc1cc(-c2ccc3c(c2Nc2nc(S(=O)(=O)c4ccccc4C#N)nn2COCC[Si](C)(C)C)CCC3)ccn1. The number of aromatic nitrogens is 4. The van der Waals surface area contributed by atoms with Gasteiger partial charge in [0.25, 0.3) is 5.16 Å². The van der Waals surface area contributed by atoms with E-state index in [1.165, 1.54) is 22.4 Å². The van der Waals surface area contributed by atoms with E-state index in [-0.39, 0.29) is 23.1 Å². The quantitative estimate of drug-likeness (QED) is 0.172. The molecule has 0 amide bonds. The first kappa shape index (κ1) is 29.4. The molecule has 42 heavy (non-hydrogen) atoms. The molecule has 218 valence electrons. The molecule has 0 saturated carbocycles. The Morgan fingerprint density at radius 1 is 1.12 bits per heavy atom. The summed E-state index contributed by atoms with van der Waals surface area (Å²) < 4.78 is 40.1. The Morgan fingerprint density at radius 2 is 1.93 bits per heavy atom. The summed E-state index contributed by atoms with van der Waals surface area (Å²) in [6.45, 7) is 7.34. The molecule has 0 saturated heterocycles. The fourth-order valence-corrected chi connectivity index (χ4v) is 6.92. The first-order valence-corrected chi connectivity index (χ1v) is 19.0. The van der Waals surface area contributed by atoms with Gasteiger partial charge in [-0.3, -0.25) is 0 Å². The molecule has 5 rings (SSSR count). The average molecular weight is 603 g/mol. The third kappa shape index (κ3) is 6.23. The van der Waals surface area contributed by atoms with E-state index in [0.29, 0.717) is 12.5 Å². The maximum atomic E-state index is 13.7. The Kier molecular flexibility index (Phi) is 8.45. The molecular weight excluding hydrogens is 569 g/mol. The van der Waals surface area contributed by atoms with E-state index >= 15 is 0 Å². The van der Waals surface area contributed by atoms with Gasteiger partial charge < -0.3 is 14.8 Å². The summed E-state index contributed by atoms with van der Waals surface area (Å²) in [6, 6.07) is 16.9. The highest BCUT2D eigenvalue weighted by Gasteiger charge is 2.29. The van der Waals surface area contributed by atoms with Gasteiger partial charge >= 0.3 is 0 Å². The highest BCUT2D eigenvalue weighted by molar-refractivity contribution is 7.91. The van der Waals surface area contributed by atoms with E-state index in [1.807, 2.05) is 24.3 Å². The van der Waals surface area contributed by atoms with Crippen LogP contribution in [0.1, 0.15) is 23.1 Å². The number of aryl methyl sites for hydroxylation is 1. The number of benzene rings is 2. The van der Waals surface area contributed by atoms with Gasteiger partial charge in [0, 0.05) is 32.5 Å². The van der Waals surface area contributed by atoms with Crippen LogP contribution in [-0.2, 0) is 34.1 Å². The molecule has 1 aliphatic carbocycles. The molecule has 0 spiro atoms. The first-order chi connectivity index (χ1) is 20.1. The number of hydrogen-bond acceptors (Lipinski definition) is 9. The maximum Gasteiger partial charge on any atom is 0.273 e. The number of hydrogen-bond donors (Lipinski definition) is 1. The third-order valence-corrected chi connectivity index (χ3v) is 10.5. The van der Waals surface area contributed by atoms with Gasteiger partial charge in [-0.15, -0.1) is 5.10 Å². The minimum atomic E-state index is -4.19. The van der Waals surface area contributed by atoms with Gasteiger partial charge in [0.15, 0.2) is 0 Å². The molecular formula is C30H34N6O4SSi. The van der Waals surface area contributed by atoms with Crippen LogP contribution in [-0.4, -0.2) is 50.0 Å². The Hall–Kier alpha value is -4.05. The molecule has 2 aromatic heterocycles. The number of nitriles is 1. The number of methoxy groups -OCH3 is 1. The lowest BCUT2D eigenvalue weighted by Crippen LogP contribution is -2.22. The predicted molar refractivity (Wildman–Crippen MR) is 162 cm³/mol. The molecule has 2 aromatic carbocycles. The number of sulfone groups is 1. The number of anilines is 2. The molecule has 2 heterocycles. The monoisotopic (exact) mass is 602 g/mol. The lowest BCUT2D eigenvalue weighted by atomic mass is 9.98. The summed E-state index contributed by atoms with van der Waals surface area (Å²) in [7, 11) is -3.96. The van der Waals surface area contributed by atoms with Gasteiger partial charge in [-0.1, -0.05) is 43.9 Å². The van der Waals surface area contributed by atoms with Crippen molar-refractivity contribution in [3.05, 3.63) is 71.4 Å². The van der Waals surface area contributed by atoms with Crippen LogP contribution in [0.2, 0.25) is 25.7 Å². The molecule has 1 aliphatic rings. The lowest BCUT2D eigenvalue weighted by molar-refractivity contribution is 0.0792. The summed E-state index contributed by atoms with van der Waals surface area (Å²) in [5, 5.41) is 17.0. The van der Waals surface area contributed by atoms with Crippen LogP contribution in [0, 0.1) is 11.3 Å². The van der Waals surface area contributed by atoms with Crippen molar-refractivity contribution in [3.8, 4) is 23.1 Å². The van der Waals surface area contributed by atoms with Gasteiger partial charge in [0.05, 0.1) is 23.3 Å². The fraction of sp³-hybridized carbons (Fsp3) is 0.333. The van der Waals surface area contributed by atoms with Gasteiger partial charge in [-0.25, -0.2) is 18.1 Å². The lowest BCUT2D eigenvalue weighted by Gasteiger charge is -2.18. The number of rotatable bonds is 11. The molecule has 0 atom stereocenters. The summed E-state index contributed by atoms with van der Waals surface area (Å²) in [5.74, 6) is 0.723. The van der Waals surface area contributed by atoms with E-state index in [1.54, 1.807) is 25.4 Å². The van der Waals surface area contributed by atoms with Crippen molar-refractivity contribution in [3.63, 3.8) is 0 Å². The van der Waals surface area contributed by atoms with Crippen LogP contribution in [0.15, 0.2) is 64.8 Å². The van der Waals surface area contributed by atoms with Crippen molar-refractivity contribution >= 4 is 29.5 Å². The van der Waals surface area contributed by atoms with Crippen LogP contribution in [0.3, 0.4) is 0 Å². The highest BCUT2D eigenvalue weighted by atomic mass is 32.2. The van der Waals surface area contributed by atoms with Crippen LogP contribution in [0.25, 0.3) is 11.1 Å². The molecule has 0 aliphatic heterocycles. The second-order valence-electron chi connectivity index (χ2n) is 11.4. The van der Waals surface area contributed by atoms with Crippen molar-refractivity contribution in [2.75, 3.05) is 19.0 Å². The van der Waals surface area contributed by atoms with Crippen molar-refractivity contribution in [2.45, 2.75) is 61.7 Å². The van der Waals surface area contributed by atoms with Crippen molar-refractivity contribution in [1.29, 1.82) is 5.26 Å². The highest BCUT2D eigenvalue weighted by Crippen LogP contribution is 2.39. The van der Waals surface area contributed by atoms with Crippen LogP contribution in [0.4, 0.5) is 11.6 Å². The zero-order valence-corrected chi connectivity index (χ0v) is 26.0. The van der Waals surface area contributed by atoms with Gasteiger partial charge in [0.2, 0.25) is 21.7 Å². The summed E-state index contributed by atoms with van der Waals surface area (Å²) in [4.78, 5) is 8.59. The molecule has 12 heteroatoms. The predicted octanol–water partition coefficient (Wildman–Crippen LogP) is 5.60. The zero-order chi connectivity index (χ0) is 29.9. The molecule has 0 unspecified atom stereocenters. The summed E-state index contributed by atoms with van der Waals surface area (Å²) in [6.07, 6.45) is 4.54. The van der Waals surface area contributed by atoms with E-state index < -0.39 is 23.1 Å². The van der Waals surface area contributed by atoms with Crippen LogP contribution < -0.4 is 10.1 Å². The van der Waals surface area contributed by atoms with Gasteiger partial charge in [-0.05, 0) is 60.2 Å². The number of nitrogens with zero attached hydrogens (tertiary/aromatic N) is 5. The number of nitrogens with one attached hydrogen (secondary N) is 1. The smallest absolute Gasteiger partial charge is 0.273 e. The second kappa shape index (κ2) is 12.0. The molecule has 0 fully saturated rings. The zero-order valence-electron chi connectivity index (χ0n) is 24.2. The minimum Gasteiger partial charge on any atom is -0.481 e. The topological polar surface area (TPSA) is 132 Å². The Balaban J connectivity index is 1.59. The van der Waals surface area contributed by atoms with Crippen molar-refractivity contribution in [1.82, 2.24) is 19.7 Å². The number of pyridine rings is 1. The van der Waals surface area contributed by atoms with E-state index in [4.69, 9.17) is 9.47 Å². The van der Waals surface area contributed by atoms with Crippen LogP contribution in [0.5, 0.6) is 5.88 Å². The molecule has 10 nitrogen and oxygen atoms in total. The first-order valence-electron chi connectivity index (χ1n) is 13.8. The normalized spacial score (nSPS) is 13.0. The fourth-order valence-electron chi connectivity index (χ4n) is 4.89. The maximum absolute atomic E-state index is 13.7. The largest absolute Gasteiger partial charge is 0.481 e. The van der Waals surface area contributed by atoms with E-state index in [2.05, 4.69) is 46.1 Å². The second-order valence-corrected chi connectivity index (χ2v) is 18.8. The van der Waals surface area contributed by atoms with Crippen molar-refractivity contribution < 1.29 is 17.9 Å². The number of ether oxygens (including phenoxy) is 2. The Bertz CT molecular complexity index is 1760. The van der Waals surface area contributed by atoms with E-state index in [9.17, 15) is 13.7 Å². The van der Waals surface area contributed by atoms with Crippen molar-refractivity contribution in [2.24, 2.45) is 0 Å². The van der Waals surface area contributed by atoms with Crippen LogP contribution >= 0.6 is 0 Å². The average Bonchev–Trinajstić information content (AvgIpc) is 3.63. The Labute approximate surface area is 247 Å². The third-order valence-electron chi connectivity index (χ3n) is 7.17. The number of fused-ring (bicyclic) bond motifs is 1. The summed E-state index contributed by atoms with van der Waals surface area (Å²) in [5.41, 5.74) is 5.05. The van der Waals surface area contributed by atoms with Gasteiger partial charge in [0.1, 0.15) is 12.8 Å². The minimum absolute atomic E-state index is 0.0165. The molecule has 4 aromatic rings. The Morgan fingerprint density at radius 3 is 2.69 bits per heavy atom. The summed E-state index contributed by atoms with van der Waals surface area (Å²) >= 11 is 0.